The molecular weight excluding hydrogens is 383 g/mol. The van der Waals surface area contributed by atoms with Crippen molar-refractivity contribution < 1.29 is 13.9 Å². The molecule has 1 unspecified atom stereocenters. The number of carbonyl (C=O) groups excluding carboxylic acids is 1. The van der Waals surface area contributed by atoms with Crippen molar-refractivity contribution in [2.45, 2.75) is 32.5 Å². The van der Waals surface area contributed by atoms with Crippen molar-refractivity contribution in [2.75, 3.05) is 7.11 Å². The Morgan fingerprint density at radius 3 is 2.70 bits per heavy atom. The molecule has 30 heavy (non-hydrogen) atoms. The Hall–Kier alpha value is -3.48. The third kappa shape index (κ3) is 3.36. The van der Waals surface area contributed by atoms with Crippen LogP contribution < -0.4 is 4.74 Å². The van der Waals surface area contributed by atoms with Gasteiger partial charge in [-0.2, -0.15) is 5.10 Å². The summed E-state index contributed by atoms with van der Waals surface area (Å²) in [4.78, 5) is 18.4. The fourth-order valence-corrected chi connectivity index (χ4v) is 3.96. The molecule has 0 radical (unpaired) electrons. The van der Waals surface area contributed by atoms with Gasteiger partial charge < -0.3 is 9.64 Å². The summed E-state index contributed by atoms with van der Waals surface area (Å²) in [5.41, 5.74) is 4.02. The highest BCUT2D eigenvalue weighted by molar-refractivity contribution is 5.88. The van der Waals surface area contributed by atoms with Gasteiger partial charge in [-0.15, -0.1) is 0 Å². The number of aromatic nitrogens is 3. The highest BCUT2D eigenvalue weighted by Gasteiger charge is 2.32. The first kappa shape index (κ1) is 19.8. The Morgan fingerprint density at radius 1 is 1.30 bits per heavy atom. The molecule has 3 heterocycles. The molecule has 1 aliphatic heterocycles. The van der Waals surface area contributed by atoms with Gasteiger partial charge >= 0.3 is 0 Å². The van der Waals surface area contributed by atoms with E-state index in [-0.39, 0.29) is 17.7 Å². The Kier molecular flexibility index (Phi) is 5.35. The van der Waals surface area contributed by atoms with Crippen LogP contribution in [0.5, 0.6) is 5.75 Å². The summed E-state index contributed by atoms with van der Waals surface area (Å²) in [6, 6.07) is 8.64. The van der Waals surface area contributed by atoms with E-state index in [2.05, 4.69) is 11.6 Å². The van der Waals surface area contributed by atoms with E-state index in [4.69, 9.17) is 9.84 Å². The summed E-state index contributed by atoms with van der Waals surface area (Å²) in [7, 11) is 1.44. The van der Waals surface area contributed by atoms with Gasteiger partial charge in [-0.25, -0.2) is 4.39 Å². The van der Waals surface area contributed by atoms with Crippen molar-refractivity contribution in [3.05, 3.63) is 66.9 Å². The number of ether oxygens (including phenoxy) is 1. The predicted octanol–water partition coefficient (Wildman–Crippen LogP) is 4.07. The topological polar surface area (TPSA) is 60.3 Å². The highest BCUT2D eigenvalue weighted by Crippen LogP contribution is 2.38. The van der Waals surface area contributed by atoms with Gasteiger partial charge in [-0.05, 0) is 48.4 Å². The molecule has 0 fully saturated rings. The normalized spacial score (nSPS) is 15.6. The van der Waals surface area contributed by atoms with E-state index in [1.165, 1.54) is 19.3 Å². The third-order valence-electron chi connectivity index (χ3n) is 5.53. The van der Waals surface area contributed by atoms with Crippen molar-refractivity contribution in [3.8, 4) is 28.1 Å². The molecule has 154 valence electrons. The zero-order valence-corrected chi connectivity index (χ0v) is 17.0. The van der Waals surface area contributed by atoms with Gasteiger partial charge in [-0.1, -0.05) is 13.5 Å². The van der Waals surface area contributed by atoms with E-state index in [0.29, 0.717) is 24.3 Å². The Bertz CT molecular complexity index is 1090. The van der Waals surface area contributed by atoms with Crippen molar-refractivity contribution in [3.63, 3.8) is 0 Å². The predicted molar refractivity (Wildman–Crippen MR) is 112 cm³/mol. The van der Waals surface area contributed by atoms with Gasteiger partial charge in [-0.3, -0.25) is 14.5 Å². The van der Waals surface area contributed by atoms with Crippen LogP contribution in [0.25, 0.3) is 22.4 Å². The molecule has 1 atom stereocenters. The molecule has 6 nitrogen and oxygen atoms in total. The zero-order valence-electron chi connectivity index (χ0n) is 17.0. The Morgan fingerprint density at radius 2 is 2.07 bits per heavy atom. The summed E-state index contributed by atoms with van der Waals surface area (Å²) in [6.45, 7) is 6.67. The number of hydrogen-bond acceptors (Lipinski definition) is 4. The van der Waals surface area contributed by atoms with E-state index < -0.39 is 5.82 Å². The van der Waals surface area contributed by atoms with Crippen LogP contribution in [0.3, 0.4) is 0 Å². The summed E-state index contributed by atoms with van der Waals surface area (Å²) >= 11 is 0. The summed E-state index contributed by atoms with van der Waals surface area (Å²) in [5, 5.41) is 4.84. The molecule has 1 amide bonds. The Balaban J connectivity index is 1.91. The number of halogens is 1. The first-order chi connectivity index (χ1) is 14.6. The number of benzene rings is 1. The van der Waals surface area contributed by atoms with Crippen LogP contribution in [-0.2, 0) is 17.9 Å². The lowest BCUT2D eigenvalue weighted by Gasteiger charge is -2.35. The van der Waals surface area contributed by atoms with Crippen LogP contribution in [0.2, 0.25) is 0 Å². The fourth-order valence-electron chi connectivity index (χ4n) is 3.96. The zero-order chi connectivity index (χ0) is 21.3. The van der Waals surface area contributed by atoms with Gasteiger partial charge in [0, 0.05) is 23.5 Å². The second-order valence-electron chi connectivity index (χ2n) is 7.17. The molecule has 3 aromatic rings. The van der Waals surface area contributed by atoms with E-state index >= 15 is 0 Å². The van der Waals surface area contributed by atoms with Crippen molar-refractivity contribution in [2.24, 2.45) is 0 Å². The molecule has 1 aliphatic rings. The number of hydrogen-bond donors (Lipinski definition) is 0. The standard InChI is InChI=1S/C23H23FN4O2/c1-4-17-13-28-19(14-27(17)21(29)5-2)22(15-8-10-25-11-9-15)23(26-28)16-6-7-20(30-3)18(24)12-16/h5-12,17H,2,4,13-14H2,1,3H3. The largest absolute Gasteiger partial charge is 0.494 e. The average Bonchev–Trinajstić information content (AvgIpc) is 3.16. The van der Waals surface area contributed by atoms with Crippen molar-refractivity contribution >= 4 is 5.91 Å². The maximum Gasteiger partial charge on any atom is 0.246 e. The second kappa shape index (κ2) is 8.10. The quantitative estimate of drug-likeness (QED) is 0.600. The molecule has 7 heteroatoms. The lowest BCUT2D eigenvalue weighted by Crippen LogP contribution is -2.45. The lowest BCUT2D eigenvalue weighted by atomic mass is 9.98. The number of amides is 1. The number of methoxy groups -OCH3 is 1. The van der Waals surface area contributed by atoms with Gasteiger partial charge in [0.25, 0.3) is 0 Å². The molecule has 0 bridgehead atoms. The van der Waals surface area contributed by atoms with Gasteiger partial charge in [0.05, 0.1) is 31.9 Å². The maximum absolute atomic E-state index is 14.5. The van der Waals surface area contributed by atoms with Crippen LogP contribution in [0, 0.1) is 5.82 Å². The van der Waals surface area contributed by atoms with Crippen LogP contribution in [0.15, 0.2) is 55.4 Å². The first-order valence-electron chi connectivity index (χ1n) is 9.84. The van der Waals surface area contributed by atoms with E-state index in [1.807, 2.05) is 28.6 Å². The molecule has 1 aromatic carbocycles. The molecule has 4 rings (SSSR count). The SMILES string of the molecule is C=CC(=O)N1Cc2c(-c3ccncc3)c(-c3ccc(OC)c(F)c3)nn2CC1CC. The van der Waals surface area contributed by atoms with Crippen LogP contribution in [-0.4, -0.2) is 38.7 Å². The van der Waals surface area contributed by atoms with Crippen LogP contribution in [0.1, 0.15) is 19.0 Å². The number of fused-ring (bicyclic) bond motifs is 1. The molecule has 0 aliphatic carbocycles. The molecular formula is C23H23FN4O2. The Labute approximate surface area is 174 Å². The van der Waals surface area contributed by atoms with Gasteiger partial charge in [0.1, 0.15) is 5.69 Å². The minimum absolute atomic E-state index is 0.0219. The van der Waals surface area contributed by atoms with Crippen LogP contribution >= 0.6 is 0 Å². The molecule has 0 saturated carbocycles. The van der Waals surface area contributed by atoms with E-state index in [0.717, 1.165) is 23.2 Å². The minimum Gasteiger partial charge on any atom is -0.494 e. The van der Waals surface area contributed by atoms with Gasteiger partial charge in [0.15, 0.2) is 11.6 Å². The summed E-state index contributed by atoms with van der Waals surface area (Å²) in [6.07, 6.45) is 5.57. The molecule has 2 aromatic heterocycles. The maximum atomic E-state index is 14.5. The van der Waals surface area contributed by atoms with E-state index in [9.17, 15) is 9.18 Å². The molecule has 0 N–H and O–H groups in total. The van der Waals surface area contributed by atoms with E-state index in [1.54, 1.807) is 24.5 Å². The monoisotopic (exact) mass is 406 g/mol. The number of carbonyl (C=O) groups is 1. The third-order valence-corrected chi connectivity index (χ3v) is 5.53. The van der Waals surface area contributed by atoms with Crippen molar-refractivity contribution in [1.82, 2.24) is 19.7 Å². The minimum atomic E-state index is -0.448. The molecule has 0 spiro atoms. The van der Waals surface area contributed by atoms with Gasteiger partial charge in [0.2, 0.25) is 5.91 Å². The highest BCUT2D eigenvalue weighted by atomic mass is 19.1. The van der Waals surface area contributed by atoms with Crippen molar-refractivity contribution in [1.29, 1.82) is 0 Å². The van der Waals surface area contributed by atoms with Crippen LogP contribution in [0.4, 0.5) is 4.39 Å². The summed E-state index contributed by atoms with van der Waals surface area (Å²) < 4.78 is 21.4. The lowest BCUT2D eigenvalue weighted by molar-refractivity contribution is -0.130. The number of rotatable bonds is 5. The number of nitrogens with zero attached hydrogens (tertiary/aromatic N) is 4. The fraction of sp³-hybridized carbons (Fsp3) is 0.261. The number of pyridine rings is 1. The summed E-state index contributed by atoms with van der Waals surface area (Å²) in [5.74, 6) is -0.370. The second-order valence-corrected chi connectivity index (χ2v) is 7.17. The average molecular weight is 406 g/mol. The molecule has 0 saturated heterocycles. The smallest absolute Gasteiger partial charge is 0.246 e. The first-order valence-corrected chi connectivity index (χ1v) is 9.84.